The lowest BCUT2D eigenvalue weighted by Gasteiger charge is -2.26. The van der Waals surface area contributed by atoms with Crippen molar-refractivity contribution in [2.45, 2.75) is 58.9 Å². The van der Waals surface area contributed by atoms with Crippen LogP contribution in [0.15, 0.2) is 152 Å². The average molecular weight is 700 g/mol. The van der Waals surface area contributed by atoms with Crippen molar-refractivity contribution in [3.63, 3.8) is 0 Å². The van der Waals surface area contributed by atoms with E-state index in [2.05, 4.69) is 207 Å². The van der Waals surface area contributed by atoms with Gasteiger partial charge in [0.1, 0.15) is 0 Å². The molecule has 0 bridgehead atoms. The summed E-state index contributed by atoms with van der Waals surface area (Å²) in [6.45, 7) is 14.7. The minimum atomic E-state index is 0.0469. The van der Waals surface area contributed by atoms with Crippen LogP contribution in [-0.2, 0) is 17.4 Å². The predicted molar refractivity (Wildman–Crippen MR) is 231 cm³/mol. The summed E-state index contributed by atoms with van der Waals surface area (Å²) in [5, 5.41) is 7.62. The van der Waals surface area contributed by atoms with Gasteiger partial charge in [-0.1, -0.05) is 133 Å². The molecule has 3 heteroatoms. The minimum Gasteiger partial charge on any atom is -0.336 e. The fourth-order valence-corrected chi connectivity index (χ4v) is 8.76. The van der Waals surface area contributed by atoms with Gasteiger partial charge >= 0.3 is 0 Å². The van der Waals surface area contributed by atoms with E-state index in [1.165, 1.54) is 93.5 Å². The van der Waals surface area contributed by atoms with E-state index in [1.54, 1.807) is 0 Å². The summed E-state index contributed by atoms with van der Waals surface area (Å²) in [6, 6.07) is 56.6. The Kier molecular flexibility index (Phi) is 7.07. The largest absolute Gasteiger partial charge is 0.336 e. The van der Waals surface area contributed by atoms with Gasteiger partial charge < -0.3 is 13.7 Å². The number of hydrogen-bond donors (Lipinski definition) is 0. The van der Waals surface area contributed by atoms with Crippen molar-refractivity contribution >= 4 is 65.4 Å². The summed E-state index contributed by atoms with van der Waals surface area (Å²) in [5.41, 5.74) is 13.9. The van der Waals surface area contributed by atoms with Crippen LogP contribution < -0.4 is 0 Å². The Labute approximate surface area is 316 Å². The Balaban J connectivity index is 1.25. The maximum absolute atomic E-state index is 2.55. The Morgan fingerprint density at radius 1 is 0.352 bits per heavy atom. The van der Waals surface area contributed by atoms with E-state index < -0.39 is 0 Å². The lowest BCUT2D eigenvalue weighted by atomic mass is 9.79. The summed E-state index contributed by atoms with van der Waals surface area (Å²) in [4.78, 5) is 0. The molecule has 0 spiro atoms. The van der Waals surface area contributed by atoms with Gasteiger partial charge in [-0.25, -0.2) is 0 Å². The Morgan fingerprint density at radius 2 is 0.704 bits per heavy atom. The third-order valence-corrected chi connectivity index (χ3v) is 11.6. The van der Waals surface area contributed by atoms with E-state index in [0.29, 0.717) is 0 Å². The lowest BCUT2D eigenvalue weighted by molar-refractivity contribution is 0.566. The fraction of sp³-hybridized carbons (Fsp3) is 0.176. The molecule has 0 N–H and O–H groups in total. The van der Waals surface area contributed by atoms with E-state index in [-0.39, 0.29) is 10.8 Å². The third-order valence-electron chi connectivity index (χ3n) is 11.6. The van der Waals surface area contributed by atoms with Gasteiger partial charge in [0, 0.05) is 61.3 Å². The average Bonchev–Trinajstić information content (AvgIpc) is 3.79. The predicted octanol–water partition coefficient (Wildman–Crippen LogP) is 13.6. The summed E-state index contributed by atoms with van der Waals surface area (Å²) in [6.07, 6.45) is 0. The Bertz CT molecular complexity index is 2780. The summed E-state index contributed by atoms with van der Waals surface area (Å²) < 4.78 is 7.42. The Morgan fingerprint density at radius 3 is 1.06 bits per heavy atom. The molecule has 0 aliphatic rings. The number of aromatic nitrogens is 3. The number of fused-ring (bicyclic) bond motifs is 9. The molecule has 0 radical (unpaired) electrons. The number of nitrogens with zero attached hydrogens (tertiary/aromatic N) is 3. The van der Waals surface area contributed by atoms with Crippen LogP contribution in [0.25, 0.3) is 76.8 Å². The quantitative estimate of drug-likeness (QED) is 0.174. The zero-order valence-electron chi connectivity index (χ0n) is 32.0. The minimum absolute atomic E-state index is 0.0469. The van der Waals surface area contributed by atoms with Crippen LogP contribution >= 0.6 is 0 Å². The fourth-order valence-electron chi connectivity index (χ4n) is 8.76. The number of para-hydroxylation sites is 4. The number of hydrogen-bond acceptors (Lipinski definition) is 0. The highest BCUT2D eigenvalue weighted by atomic mass is 15.0. The van der Waals surface area contributed by atoms with Crippen LogP contribution in [0.5, 0.6) is 0 Å². The molecule has 3 nitrogen and oxygen atoms in total. The summed E-state index contributed by atoms with van der Waals surface area (Å²) in [5.74, 6) is 0. The molecule has 0 aliphatic carbocycles. The van der Waals surface area contributed by atoms with E-state index in [4.69, 9.17) is 0 Å². The van der Waals surface area contributed by atoms with E-state index in [0.717, 1.165) is 6.54 Å². The second kappa shape index (κ2) is 11.7. The van der Waals surface area contributed by atoms with Gasteiger partial charge in [-0.05, 0) is 88.2 Å². The van der Waals surface area contributed by atoms with E-state index in [9.17, 15) is 0 Å². The van der Waals surface area contributed by atoms with Crippen LogP contribution in [0.4, 0.5) is 0 Å². The van der Waals surface area contributed by atoms with Crippen molar-refractivity contribution in [1.29, 1.82) is 0 Å². The molecule has 0 saturated heterocycles. The van der Waals surface area contributed by atoms with Crippen molar-refractivity contribution in [1.82, 2.24) is 13.7 Å². The molecule has 0 saturated carbocycles. The normalized spacial score (nSPS) is 12.7. The monoisotopic (exact) mass is 699 g/mol. The van der Waals surface area contributed by atoms with Crippen molar-refractivity contribution in [2.24, 2.45) is 0 Å². The first-order chi connectivity index (χ1) is 26.0. The van der Waals surface area contributed by atoms with Crippen LogP contribution in [0.2, 0.25) is 0 Å². The topological polar surface area (TPSA) is 14.8 Å². The zero-order valence-corrected chi connectivity index (χ0v) is 32.0. The third kappa shape index (κ3) is 5.02. The molecule has 264 valence electrons. The first-order valence-electron chi connectivity index (χ1n) is 19.2. The van der Waals surface area contributed by atoms with Crippen molar-refractivity contribution in [2.75, 3.05) is 0 Å². The van der Waals surface area contributed by atoms with Crippen molar-refractivity contribution in [3.8, 4) is 11.4 Å². The van der Waals surface area contributed by atoms with Crippen LogP contribution in [0.3, 0.4) is 0 Å². The molecule has 3 aromatic heterocycles. The molecule has 10 aromatic rings. The molecule has 3 heterocycles. The molecule has 0 atom stereocenters. The summed E-state index contributed by atoms with van der Waals surface area (Å²) >= 11 is 0. The molecule has 0 amide bonds. The molecule has 10 rings (SSSR count). The number of benzene rings is 7. The molecular weight excluding hydrogens is 655 g/mol. The van der Waals surface area contributed by atoms with Gasteiger partial charge in [0.05, 0.1) is 22.1 Å². The first kappa shape index (κ1) is 32.6. The highest BCUT2D eigenvalue weighted by Crippen LogP contribution is 2.39. The Hall–Kier alpha value is -6.06. The second-order valence-electron chi connectivity index (χ2n) is 17.1. The highest BCUT2D eigenvalue weighted by molar-refractivity contribution is 6.13. The molecule has 7 aromatic carbocycles. The maximum Gasteiger partial charge on any atom is 0.0541 e. The molecular formula is C51H45N3. The van der Waals surface area contributed by atoms with Crippen molar-refractivity contribution < 1.29 is 0 Å². The van der Waals surface area contributed by atoms with Gasteiger partial charge in [-0.2, -0.15) is 0 Å². The molecule has 0 unspecified atom stereocenters. The molecule has 0 aliphatic heterocycles. The van der Waals surface area contributed by atoms with Gasteiger partial charge in [0.25, 0.3) is 0 Å². The van der Waals surface area contributed by atoms with E-state index >= 15 is 0 Å². The lowest BCUT2D eigenvalue weighted by Crippen LogP contribution is -2.17. The van der Waals surface area contributed by atoms with Gasteiger partial charge in [-0.15, -0.1) is 0 Å². The van der Waals surface area contributed by atoms with Crippen molar-refractivity contribution in [3.05, 3.63) is 168 Å². The van der Waals surface area contributed by atoms with Gasteiger partial charge in [-0.3, -0.25) is 0 Å². The van der Waals surface area contributed by atoms with Gasteiger partial charge in [0.15, 0.2) is 0 Å². The standard InChI is InChI=1S/C51H45N3/c1-50(2,3)34-27-33(28-35(29-34)51(4,5)6)32-52-44-25-23-36(53-46-19-11-7-15-38(46)39-16-8-12-20-47(39)53)30-42(44)43-31-37(24-26-45(43)52)54-48-21-13-9-17-40(48)41-18-10-14-22-49(41)54/h7-31H,32H2,1-6H3. The molecule has 54 heavy (non-hydrogen) atoms. The summed E-state index contributed by atoms with van der Waals surface area (Å²) in [7, 11) is 0. The van der Waals surface area contributed by atoms with Crippen LogP contribution in [0.1, 0.15) is 58.2 Å². The first-order valence-corrected chi connectivity index (χ1v) is 19.2. The SMILES string of the molecule is CC(C)(C)c1cc(Cn2c3ccc(-n4c5ccccc5c5ccccc54)cc3c3cc(-n4c5ccccc5c5ccccc54)ccc32)cc(C(C)(C)C)c1. The van der Waals surface area contributed by atoms with Crippen LogP contribution in [0, 0.1) is 0 Å². The van der Waals surface area contributed by atoms with Gasteiger partial charge in [0.2, 0.25) is 0 Å². The molecule has 0 fully saturated rings. The van der Waals surface area contributed by atoms with E-state index in [1.807, 2.05) is 0 Å². The number of rotatable bonds is 4. The smallest absolute Gasteiger partial charge is 0.0541 e. The highest BCUT2D eigenvalue weighted by Gasteiger charge is 2.22. The van der Waals surface area contributed by atoms with Crippen LogP contribution in [-0.4, -0.2) is 13.7 Å². The second-order valence-corrected chi connectivity index (χ2v) is 17.1. The maximum atomic E-state index is 2.55. The zero-order chi connectivity index (χ0) is 36.9.